The Balaban J connectivity index is 1.58. The van der Waals surface area contributed by atoms with Gasteiger partial charge < -0.3 is 14.6 Å². The molecule has 0 fully saturated rings. The Morgan fingerprint density at radius 2 is 1.64 bits per heavy atom. The number of carbonyl (C=O) groups excluding carboxylic acids is 4. The predicted molar refractivity (Wildman–Crippen MR) is 122 cm³/mol. The van der Waals surface area contributed by atoms with Crippen LogP contribution in [0.5, 0.6) is 5.75 Å². The van der Waals surface area contributed by atoms with E-state index in [1.165, 1.54) is 0 Å². The zero-order chi connectivity index (χ0) is 23.7. The van der Waals surface area contributed by atoms with Crippen LogP contribution < -0.4 is 4.74 Å². The molecule has 1 N–H and O–H groups in total. The third kappa shape index (κ3) is 3.77. The molecule has 8 heteroatoms. The van der Waals surface area contributed by atoms with Gasteiger partial charge in [0.15, 0.2) is 12.4 Å². The lowest BCUT2D eigenvalue weighted by Gasteiger charge is -2.21. The largest absolute Gasteiger partial charge is 0.482 e. The third-order valence-electron chi connectivity index (χ3n) is 6.00. The molecule has 2 heterocycles. The average molecular weight is 447 g/mol. The van der Waals surface area contributed by atoms with E-state index in [1.54, 1.807) is 60.5 Å². The molecule has 3 aromatic rings. The van der Waals surface area contributed by atoms with Gasteiger partial charge in [-0.3, -0.25) is 24.1 Å². The van der Waals surface area contributed by atoms with Crippen LogP contribution in [0.1, 0.15) is 51.8 Å². The van der Waals surface area contributed by atoms with Crippen LogP contribution in [0.15, 0.2) is 48.7 Å². The van der Waals surface area contributed by atoms with Crippen LogP contribution in [-0.4, -0.2) is 64.0 Å². The van der Waals surface area contributed by atoms with Crippen molar-refractivity contribution in [1.82, 2.24) is 14.8 Å². The van der Waals surface area contributed by atoms with Crippen molar-refractivity contribution < 1.29 is 23.9 Å². The molecule has 0 radical (unpaired) electrons. The summed E-state index contributed by atoms with van der Waals surface area (Å²) in [5.74, 6) is -1.00. The summed E-state index contributed by atoms with van der Waals surface area (Å²) in [5, 5.41) is 0.594. The lowest BCUT2D eigenvalue weighted by molar-refractivity contribution is -0.132. The minimum atomic E-state index is -0.981. The number of fused-ring (bicyclic) bond motifs is 2. The van der Waals surface area contributed by atoms with Gasteiger partial charge in [0.05, 0.1) is 16.6 Å². The molecular weight excluding hydrogens is 422 g/mol. The molecule has 170 valence electrons. The summed E-state index contributed by atoms with van der Waals surface area (Å²) in [6, 6.07) is 10.8. The number of Topliss-reactive ketones (excluding diaryl/α,β-unsaturated/α-hetero) is 1. The van der Waals surface area contributed by atoms with Crippen LogP contribution in [-0.2, 0) is 4.79 Å². The highest BCUT2D eigenvalue weighted by Gasteiger charge is 2.41. The van der Waals surface area contributed by atoms with Crippen LogP contribution in [0.4, 0.5) is 0 Å². The number of aromatic amines is 1. The van der Waals surface area contributed by atoms with Crippen LogP contribution in [0.3, 0.4) is 0 Å². The Hall–Kier alpha value is -3.94. The van der Waals surface area contributed by atoms with Crippen LogP contribution in [0, 0.1) is 0 Å². The molecule has 0 saturated heterocycles. The number of aromatic nitrogens is 1. The number of amides is 3. The maximum Gasteiger partial charge on any atom is 0.262 e. The molecule has 33 heavy (non-hydrogen) atoms. The van der Waals surface area contributed by atoms with Crippen molar-refractivity contribution in [2.45, 2.75) is 26.8 Å². The number of hydrogen-bond donors (Lipinski definition) is 1. The van der Waals surface area contributed by atoms with Gasteiger partial charge in [0.1, 0.15) is 11.8 Å². The first-order valence-electron chi connectivity index (χ1n) is 10.9. The standard InChI is InChI=1S/C25H25N3O5/c1-4-27(5-2)21(29)14-33-20-12-8-11-16-19(13-26-22(16)20)23(30)15(3)28-24(31)17-9-6-7-10-18(17)25(28)32/h6-13,15,26H,4-5,14H2,1-3H3/t15-/m1/s1. The highest BCUT2D eigenvalue weighted by molar-refractivity contribution is 6.24. The Labute approximate surface area is 191 Å². The molecule has 1 aliphatic heterocycles. The normalized spacial score (nSPS) is 13.8. The minimum absolute atomic E-state index is 0.117. The Kier molecular flexibility index (Phi) is 6.00. The number of nitrogens with zero attached hydrogens (tertiary/aromatic N) is 2. The van der Waals surface area contributed by atoms with Gasteiger partial charge in [0, 0.05) is 30.2 Å². The zero-order valence-electron chi connectivity index (χ0n) is 18.8. The fourth-order valence-electron chi connectivity index (χ4n) is 4.16. The van der Waals surface area contributed by atoms with Gasteiger partial charge in [-0.15, -0.1) is 0 Å². The molecule has 4 rings (SSSR count). The summed E-state index contributed by atoms with van der Waals surface area (Å²) in [4.78, 5) is 56.9. The number of para-hydroxylation sites is 1. The fourth-order valence-corrected chi connectivity index (χ4v) is 4.16. The number of rotatable bonds is 8. The first-order valence-corrected chi connectivity index (χ1v) is 10.9. The monoisotopic (exact) mass is 447 g/mol. The van der Waals surface area contributed by atoms with E-state index >= 15 is 0 Å². The van der Waals surface area contributed by atoms with Crippen LogP contribution in [0.25, 0.3) is 10.9 Å². The number of hydrogen-bond acceptors (Lipinski definition) is 5. The van der Waals surface area contributed by atoms with E-state index < -0.39 is 17.9 Å². The Morgan fingerprint density at radius 3 is 2.24 bits per heavy atom. The zero-order valence-corrected chi connectivity index (χ0v) is 18.8. The molecule has 0 spiro atoms. The maximum atomic E-state index is 13.3. The van der Waals surface area contributed by atoms with E-state index in [0.29, 0.717) is 46.4 Å². The second-order valence-electron chi connectivity index (χ2n) is 7.80. The van der Waals surface area contributed by atoms with Crippen molar-refractivity contribution in [2.75, 3.05) is 19.7 Å². The van der Waals surface area contributed by atoms with Gasteiger partial charge in [0.2, 0.25) is 0 Å². The lowest BCUT2D eigenvalue weighted by Crippen LogP contribution is -2.42. The number of ether oxygens (including phenoxy) is 1. The molecule has 8 nitrogen and oxygen atoms in total. The molecule has 3 amide bonds. The SMILES string of the molecule is CCN(CC)C(=O)COc1cccc2c(C(=O)[C@@H](C)N3C(=O)c4ccccc4C3=O)c[nH]c12. The second kappa shape index (κ2) is 8.90. The van der Waals surface area contributed by atoms with E-state index in [-0.39, 0.29) is 18.3 Å². The van der Waals surface area contributed by atoms with Gasteiger partial charge in [0.25, 0.3) is 17.7 Å². The first kappa shape index (κ1) is 22.3. The Bertz CT molecular complexity index is 1220. The summed E-state index contributed by atoms with van der Waals surface area (Å²) in [7, 11) is 0. The number of imide groups is 1. The lowest BCUT2D eigenvalue weighted by atomic mass is 10.0. The summed E-state index contributed by atoms with van der Waals surface area (Å²) >= 11 is 0. The summed E-state index contributed by atoms with van der Waals surface area (Å²) in [6.45, 7) is 6.43. The summed E-state index contributed by atoms with van der Waals surface area (Å²) < 4.78 is 5.74. The average Bonchev–Trinajstić information content (AvgIpc) is 3.37. The number of ketones is 1. The quantitative estimate of drug-likeness (QED) is 0.422. The molecule has 0 aliphatic carbocycles. The highest BCUT2D eigenvalue weighted by atomic mass is 16.5. The molecule has 0 bridgehead atoms. The second-order valence-corrected chi connectivity index (χ2v) is 7.80. The van der Waals surface area contributed by atoms with Gasteiger partial charge >= 0.3 is 0 Å². The number of likely N-dealkylation sites (N-methyl/N-ethyl adjacent to an activating group) is 1. The van der Waals surface area contributed by atoms with Crippen LogP contribution >= 0.6 is 0 Å². The number of H-pyrrole nitrogens is 1. The topological polar surface area (TPSA) is 99.8 Å². The highest BCUT2D eigenvalue weighted by Crippen LogP contribution is 2.30. The van der Waals surface area contributed by atoms with Crippen molar-refractivity contribution >= 4 is 34.4 Å². The van der Waals surface area contributed by atoms with Gasteiger partial charge in [-0.1, -0.05) is 24.3 Å². The number of benzene rings is 2. The summed E-state index contributed by atoms with van der Waals surface area (Å²) in [5.41, 5.74) is 1.52. The van der Waals surface area contributed by atoms with E-state index in [4.69, 9.17) is 4.74 Å². The van der Waals surface area contributed by atoms with Crippen LogP contribution in [0.2, 0.25) is 0 Å². The van der Waals surface area contributed by atoms with E-state index in [2.05, 4.69) is 4.98 Å². The molecule has 0 saturated carbocycles. The first-order chi connectivity index (χ1) is 15.9. The van der Waals surface area contributed by atoms with E-state index in [9.17, 15) is 19.2 Å². The van der Waals surface area contributed by atoms with Crippen molar-refractivity contribution in [3.05, 3.63) is 65.4 Å². The molecular formula is C25H25N3O5. The van der Waals surface area contributed by atoms with Crippen molar-refractivity contribution in [3.63, 3.8) is 0 Å². The van der Waals surface area contributed by atoms with Gasteiger partial charge in [-0.05, 0) is 39.0 Å². The fraction of sp³-hybridized carbons (Fsp3) is 0.280. The number of nitrogens with one attached hydrogen (secondary N) is 1. The smallest absolute Gasteiger partial charge is 0.262 e. The van der Waals surface area contributed by atoms with Crippen molar-refractivity contribution in [1.29, 1.82) is 0 Å². The number of carbonyl (C=O) groups is 4. The minimum Gasteiger partial charge on any atom is -0.482 e. The maximum absolute atomic E-state index is 13.3. The van der Waals surface area contributed by atoms with Crippen molar-refractivity contribution in [2.24, 2.45) is 0 Å². The van der Waals surface area contributed by atoms with E-state index in [0.717, 1.165) is 4.90 Å². The molecule has 0 unspecified atom stereocenters. The van der Waals surface area contributed by atoms with Gasteiger partial charge in [-0.2, -0.15) is 0 Å². The third-order valence-corrected chi connectivity index (χ3v) is 6.00. The Morgan fingerprint density at radius 1 is 1.00 bits per heavy atom. The van der Waals surface area contributed by atoms with Crippen molar-refractivity contribution in [3.8, 4) is 5.75 Å². The molecule has 1 aromatic heterocycles. The predicted octanol–water partition coefficient (Wildman–Crippen LogP) is 3.28. The molecule has 1 atom stereocenters. The molecule has 1 aliphatic rings. The van der Waals surface area contributed by atoms with Gasteiger partial charge in [-0.25, -0.2) is 0 Å². The van der Waals surface area contributed by atoms with E-state index in [1.807, 2.05) is 13.8 Å². The summed E-state index contributed by atoms with van der Waals surface area (Å²) in [6.07, 6.45) is 1.54. The molecule has 2 aromatic carbocycles.